The van der Waals surface area contributed by atoms with E-state index in [1.165, 1.54) is 19.3 Å². The molecule has 0 spiro atoms. The Balaban J connectivity index is 1.48. The van der Waals surface area contributed by atoms with Gasteiger partial charge in [-0.25, -0.2) is 0 Å². The van der Waals surface area contributed by atoms with Gasteiger partial charge in [-0.15, -0.1) is 0 Å². The van der Waals surface area contributed by atoms with Crippen LogP contribution >= 0.6 is 0 Å². The van der Waals surface area contributed by atoms with E-state index in [-0.39, 0.29) is 0 Å². The van der Waals surface area contributed by atoms with E-state index in [9.17, 15) is 4.79 Å². The van der Waals surface area contributed by atoms with Crippen molar-refractivity contribution in [2.24, 2.45) is 5.92 Å². The van der Waals surface area contributed by atoms with Crippen molar-refractivity contribution in [3.63, 3.8) is 0 Å². The highest BCUT2D eigenvalue weighted by Crippen LogP contribution is 2.38. The minimum absolute atomic E-state index is 0.347. The Kier molecular flexibility index (Phi) is 3.71. The Morgan fingerprint density at radius 2 is 1.94 bits per heavy atom. The van der Waals surface area contributed by atoms with E-state index >= 15 is 0 Å². The van der Waals surface area contributed by atoms with Crippen molar-refractivity contribution >= 4 is 5.78 Å². The van der Waals surface area contributed by atoms with Crippen LogP contribution in [0.4, 0.5) is 0 Å². The second kappa shape index (κ2) is 5.30. The topological polar surface area (TPSA) is 29.5 Å². The third kappa shape index (κ3) is 2.48. The molecule has 102 valence electrons. The first kappa shape index (κ1) is 12.6. The van der Waals surface area contributed by atoms with Crippen molar-refractivity contribution in [3.8, 4) is 0 Å². The standard InChI is InChI=1S/C15H25NO2/c1-16-12-4-5-13(16)10-11(9-12)15(17)7-6-14-3-2-8-18-14/h11-14H,2-10H2,1H3. The SMILES string of the molecule is CN1C2CCC1CC(C(=O)CCC1CCCO1)C2. The molecule has 3 nitrogen and oxygen atoms in total. The first-order valence-corrected chi connectivity index (χ1v) is 7.60. The molecule has 0 saturated carbocycles. The number of fused-ring (bicyclic) bond motifs is 2. The summed E-state index contributed by atoms with van der Waals surface area (Å²) in [5, 5.41) is 0. The minimum atomic E-state index is 0.347. The van der Waals surface area contributed by atoms with Crippen LogP contribution in [0.3, 0.4) is 0 Å². The number of rotatable bonds is 4. The predicted octanol–water partition coefficient (Wildman–Crippen LogP) is 2.39. The van der Waals surface area contributed by atoms with Crippen LogP contribution in [0.2, 0.25) is 0 Å². The van der Waals surface area contributed by atoms with Gasteiger partial charge in [0.2, 0.25) is 0 Å². The minimum Gasteiger partial charge on any atom is -0.378 e. The average Bonchev–Trinajstić information content (AvgIpc) is 2.93. The van der Waals surface area contributed by atoms with Crippen molar-refractivity contribution < 1.29 is 9.53 Å². The summed E-state index contributed by atoms with van der Waals surface area (Å²) in [4.78, 5) is 14.8. The van der Waals surface area contributed by atoms with Crippen LogP contribution in [0, 0.1) is 5.92 Å². The van der Waals surface area contributed by atoms with Crippen LogP contribution in [-0.4, -0.2) is 42.5 Å². The summed E-state index contributed by atoms with van der Waals surface area (Å²) in [5.41, 5.74) is 0. The van der Waals surface area contributed by atoms with E-state index in [2.05, 4.69) is 11.9 Å². The van der Waals surface area contributed by atoms with Crippen molar-refractivity contribution in [1.82, 2.24) is 4.90 Å². The maximum atomic E-state index is 12.3. The molecule has 3 atom stereocenters. The fourth-order valence-electron chi connectivity index (χ4n) is 4.05. The number of hydrogen-bond acceptors (Lipinski definition) is 3. The number of carbonyl (C=O) groups excluding carboxylic acids is 1. The van der Waals surface area contributed by atoms with Gasteiger partial charge in [-0.2, -0.15) is 0 Å². The van der Waals surface area contributed by atoms with Crippen molar-refractivity contribution in [1.29, 1.82) is 0 Å². The zero-order valence-electron chi connectivity index (χ0n) is 11.4. The number of hydrogen-bond donors (Lipinski definition) is 0. The zero-order chi connectivity index (χ0) is 12.5. The molecule has 0 aromatic carbocycles. The summed E-state index contributed by atoms with van der Waals surface area (Å²) in [7, 11) is 2.23. The highest BCUT2D eigenvalue weighted by atomic mass is 16.5. The number of ketones is 1. The molecule has 3 aliphatic rings. The molecule has 3 aliphatic heterocycles. The summed E-state index contributed by atoms with van der Waals surface area (Å²) < 4.78 is 5.60. The lowest BCUT2D eigenvalue weighted by atomic mass is 9.85. The van der Waals surface area contributed by atoms with Gasteiger partial charge in [0, 0.05) is 31.0 Å². The van der Waals surface area contributed by atoms with E-state index in [1.54, 1.807) is 0 Å². The number of ether oxygens (including phenoxy) is 1. The third-order valence-corrected chi connectivity index (χ3v) is 5.29. The Bertz CT molecular complexity index is 298. The van der Waals surface area contributed by atoms with Crippen LogP contribution in [-0.2, 0) is 9.53 Å². The highest BCUT2D eigenvalue weighted by molar-refractivity contribution is 5.81. The molecule has 3 unspecified atom stereocenters. The van der Waals surface area contributed by atoms with Crippen LogP contribution in [0.25, 0.3) is 0 Å². The van der Waals surface area contributed by atoms with Gasteiger partial charge in [-0.05, 0) is 52.0 Å². The Hall–Kier alpha value is -0.410. The summed E-state index contributed by atoms with van der Waals surface area (Å²) in [6.07, 6.45) is 9.24. The van der Waals surface area contributed by atoms with E-state index in [0.29, 0.717) is 29.9 Å². The molecule has 0 N–H and O–H groups in total. The molecule has 0 amide bonds. The largest absolute Gasteiger partial charge is 0.378 e. The van der Waals surface area contributed by atoms with Crippen LogP contribution in [0.15, 0.2) is 0 Å². The van der Waals surface area contributed by atoms with Gasteiger partial charge >= 0.3 is 0 Å². The second-order valence-corrected chi connectivity index (χ2v) is 6.36. The lowest BCUT2D eigenvalue weighted by molar-refractivity contribution is -0.125. The van der Waals surface area contributed by atoms with E-state index in [0.717, 1.165) is 38.7 Å². The third-order valence-electron chi connectivity index (χ3n) is 5.29. The van der Waals surface area contributed by atoms with Crippen LogP contribution < -0.4 is 0 Å². The number of piperidine rings is 1. The number of Topliss-reactive ketones (excluding diaryl/α,β-unsaturated/α-hetero) is 1. The van der Waals surface area contributed by atoms with E-state index in [4.69, 9.17) is 4.74 Å². The second-order valence-electron chi connectivity index (χ2n) is 6.36. The summed E-state index contributed by atoms with van der Waals surface area (Å²) in [6.45, 7) is 0.900. The van der Waals surface area contributed by atoms with Gasteiger partial charge in [0.25, 0.3) is 0 Å². The maximum absolute atomic E-state index is 12.3. The maximum Gasteiger partial charge on any atom is 0.136 e. The van der Waals surface area contributed by atoms with Gasteiger partial charge in [-0.1, -0.05) is 0 Å². The molecule has 3 saturated heterocycles. The number of carbonyl (C=O) groups is 1. The van der Waals surface area contributed by atoms with Gasteiger partial charge in [-0.3, -0.25) is 4.79 Å². The van der Waals surface area contributed by atoms with Crippen molar-refractivity contribution in [3.05, 3.63) is 0 Å². The van der Waals surface area contributed by atoms with Gasteiger partial charge in [0.1, 0.15) is 5.78 Å². The first-order valence-electron chi connectivity index (χ1n) is 7.60. The average molecular weight is 251 g/mol. The molecule has 3 rings (SSSR count). The fraction of sp³-hybridized carbons (Fsp3) is 0.933. The summed E-state index contributed by atoms with van der Waals surface area (Å²) in [6, 6.07) is 1.36. The molecule has 0 aromatic rings. The van der Waals surface area contributed by atoms with E-state index < -0.39 is 0 Å². The monoisotopic (exact) mass is 251 g/mol. The molecule has 18 heavy (non-hydrogen) atoms. The first-order chi connectivity index (χ1) is 8.74. The van der Waals surface area contributed by atoms with E-state index in [1.807, 2.05) is 0 Å². The molecule has 3 fully saturated rings. The predicted molar refractivity (Wildman–Crippen MR) is 70.5 cm³/mol. The lowest BCUT2D eigenvalue weighted by Gasteiger charge is -2.35. The van der Waals surface area contributed by atoms with Crippen LogP contribution in [0.5, 0.6) is 0 Å². The summed E-state index contributed by atoms with van der Waals surface area (Å²) in [5.74, 6) is 0.857. The smallest absolute Gasteiger partial charge is 0.136 e. The molecular formula is C15H25NO2. The Morgan fingerprint density at radius 3 is 2.56 bits per heavy atom. The van der Waals surface area contributed by atoms with Crippen molar-refractivity contribution in [2.75, 3.05) is 13.7 Å². The molecule has 0 aromatic heterocycles. The zero-order valence-corrected chi connectivity index (χ0v) is 11.4. The van der Waals surface area contributed by atoms with Gasteiger partial charge in [0.05, 0.1) is 6.10 Å². The van der Waals surface area contributed by atoms with Gasteiger partial charge < -0.3 is 9.64 Å². The quantitative estimate of drug-likeness (QED) is 0.768. The van der Waals surface area contributed by atoms with Gasteiger partial charge in [0.15, 0.2) is 0 Å². The molecule has 3 heterocycles. The van der Waals surface area contributed by atoms with Crippen molar-refractivity contribution in [2.45, 2.75) is 69.6 Å². The molecule has 0 aliphatic carbocycles. The Labute approximate surface area is 110 Å². The molecule has 3 heteroatoms. The summed E-state index contributed by atoms with van der Waals surface area (Å²) >= 11 is 0. The number of nitrogens with zero attached hydrogens (tertiary/aromatic N) is 1. The Morgan fingerprint density at radius 1 is 1.22 bits per heavy atom. The molecule has 0 radical (unpaired) electrons. The molecular weight excluding hydrogens is 226 g/mol. The molecule has 2 bridgehead atoms. The highest BCUT2D eigenvalue weighted by Gasteiger charge is 2.40. The fourth-order valence-corrected chi connectivity index (χ4v) is 4.05. The normalized spacial score (nSPS) is 40.3. The lowest BCUT2D eigenvalue weighted by Crippen LogP contribution is -2.42. The van der Waals surface area contributed by atoms with Crippen LogP contribution in [0.1, 0.15) is 51.4 Å².